The molecular formula is C12H15NO2. The molecule has 0 saturated heterocycles. The van der Waals surface area contributed by atoms with Gasteiger partial charge in [-0.15, -0.1) is 0 Å². The van der Waals surface area contributed by atoms with Crippen molar-refractivity contribution in [1.29, 1.82) is 0 Å². The van der Waals surface area contributed by atoms with Gasteiger partial charge in [0.2, 0.25) is 0 Å². The Morgan fingerprint density at radius 3 is 2.87 bits per heavy atom. The first-order valence-electron chi connectivity index (χ1n) is 5.24. The number of rotatable bonds is 2. The zero-order valence-corrected chi connectivity index (χ0v) is 9.06. The van der Waals surface area contributed by atoms with Gasteiger partial charge in [0.1, 0.15) is 0 Å². The van der Waals surface area contributed by atoms with Crippen molar-refractivity contribution < 1.29 is 9.63 Å². The Bertz CT molecular complexity index is 376. The molecule has 1 aromatic carbocycles. The summed E-state index contributed by atoms with van der Waals surface area (Å²) in [6.45, 7) is 2.03. The fourth-order valence-electron chi connectivity index (χ4n) is 2.03. The second-order valence-corrected chi connectivity index (χ2v) is 3.75. The highest BCUT2D eigenvalue weighted by Gasteiger charge is 2.31. The lowest BCUT2D eigenvalue weighted by molar-refractivity contribution is -0.129. The average Bonchev–Trinajstić information content (AvgIpc) is 2.28. The number of hydrogen-bond donors (Lipinski definition) is 0. The molecule has 0 aliphatic carbocycles. The van der Waals surface area contributed by atoms with E-state index in [-0.39, 0.29) is 11.8 Å². The number of para-hydroxylation sites is 1. The number of carbonyl (C=O) groups is 1. The Morgan fingerprint density at radius 1 is 1.47 bits per heavy atom. The van der Waals surface area contributed by atoms with E-state index < -0.39 is 0 Å². The van der Waals surface area contributed by atoms with Gasteiger partial charge in [0.05, 0.1) is 12.8 Å². The van der Waals surface area contributed by atoms with Gasteiger partial charge in [0.25, 0.3) is 5.91 Å². The molecule has 3 nitrogen and oxygen atoms in total. The van der Waals surface area contributed by atoms with E-state index in [1.165, 1.54) is 17.7 Å². The molecule has 1 amide bonds. The summed E-state index contributed by atoms with van der Waals surface area (Å²) in [7, 11) is 1.53. The van der Waals surface area contributed by atoms with Crippen LogP contribution in [0.2, 0.25) is 0 Å². The summed E-state index contributed by atoms with van der Waals surface area (Å²) in [6.07, 6.45) is 1.68. The molecule has 0 aromatic heterocycles. The fourth-order valence-corrected chi connectivity index (χ4v) is 2.03. The van der Waals surface area contributed by atoms with Gasteiger partial charge < -0.3 is 0 Å². The van der Waals surface area contributed by atoms with Crippen molar-refractivity contribution >= 4 is 11.6 Å². The van der Waals surface area contributed by atoms with E-state index in [0.717, 1.165) is 18.5 Å². The zero-order valence-electron chi connectivity index (χ0n) is 9.06. The van der Waals surface area contributed by atoms with Gasteiger partial charge in [-0.1, -0.05) is 25.1 Å². The molecule has 0 spiro atoms. The van der Waals surface area contributed by atoms with Gasteiger partial charge >= 0.3 is 0 Å². The molecule has 1 aromatic rings. The number of nitrogens with zero attached hydrogens (tertiary/aromatic N) is 1. The number of hydrogen-bond acceptors (Lipinski definition) is 2. The smallest absolute Gasteiger partial charge is 0.254 e. The summed E-state index contributed by atoms with van der Waals surface area (Å²) in [5.74, 6) is 0.124. The Hall–Kier alpha value is -1.35. The van der Waals surface area contributed by atoms with Crippen molar-refractivity contribution in [2.45, 2.75) is 19.8 Å². The number of amides is 1. The lowest BCUT2D eigenvalue weighted by atomic mass is 9.91. The highest BCUT2D eigenvalue weighted by atomic mass is 16.7. The second-order valence-electron chi connectivity index (χ2n) is 3.75. The zero-order chi connectivity index (χ0) is 10.8. The van der Waals surface area contributed by atoms with Crippen LogP contribution in [0.3, 0.4) is 0 Å². The lowest BCUT2D eigenvalue weighted by Gasteiger charge is -2.31. The van der Waals surface area contributed by atoms with Crippen LogP contribution in [0.4, 0.5) is 5.69 Å². The molecule has 0 radical (unpaired) electrons. The van der Waals surface area contributed by atoms with E-state index in [2.05, 4.69) is 6.07 Å². The molecular weight excluding hydrogens is 190 g/mol. The summed E-state index contributed by atoms with van der Waals surface area (Å²) >= 11 is 0. The highest BCUT2D eigenvalue weighted by molar-refractivity contribution is 5.96. The molecule has 0 fully saturated rings. The lowest BCUT2D eigenvalue weighted by Crippen LogP contribution is -2.40. The predicted molar refractivity (Wildman–Crippen MR) is 58.4 cm³/mol. The molecule has 1 atom stereocenters. The topological polar surface area (TPSA) is 29.5 Å². The first kappa shape index (κ1) is 10.2. The van der Waals surface area contributed by atoms with Crippen LogP contribution in [0.15, 0.2) is 24.3 Å². The second kappa shape index (κ2) is 4.03. The molecule has 2 rings (SSSR count). The molecule has 15 heavy (non-hydrogen) atoms. The Labute approximate surface area is 89.6 Å². The Morgan fingerprint density at radius 2 is 2.20 bits per heavy atom. The van der Waals surface area contributed by atoms with Crippen molar-refractivity contribution in [2.75, 3.05) is 12.2 Å². The van der Waals surface area contributed by atoms with Crippen molar-refractivity contribution in [3.8, 4) is 0 Å². The van der Waals surface area contributed by atoms with Crippen molar-refractivity contribution in [3.63, 3.8) is 0 Å². The fraction of sp³-hybridized carbons (Fsp3) is 0.417. The number of fused-ring (bicyclic) bond motifs is 1. The number of carbonyl (C=O) groups excluding carboxylic acids is 1. The van der Waals surface area contributed by atoms with E-state index in [1.807, 2.05) is 25.1 Å². The van der Waals surface area contributed by atoms with E-state index in [4.69, 9.17) is 4.84 Å². The molecule has 1 heterocycles. The number of hydroxylamine groups is 1. The van der Waals surface area contributed by atoms with Gasteiger partial charge in [-0.25, -0.2) is 0 Å². The first-order valence-corrected chi connectivity index (χ1v) is 5.24. The molecule has 80 valence electrons. The molecule has 1 unspecified atom stereocenters. The van der Waals surface area contributed by atoms with Crippen molar-refractivity contribution in [1.82, 2.24) is 0 Å². The third kappa shape index (κ3) is 1.63. The minimum atomic E-state index is 0.0554. The third-order valence-corrected chi connectivity index (χ3v) is 2.90. The van der Waals surface area contributed by atoms with Crippen LogP contribution in [-0.2, 0) is 16.1 Å². The van der Waals surface area contributed by atoms with E-state index in [0.29, 0.717) is 0 Å². The van der Waals surface area contributed by atoms with Crippen LogP contribution < -0.4 is 5.06 Å². The maximum atomic E-state index is 12.0. The standard InChI is InChI=1S/C12H15NO2/c1-3-9-8-10-6-4-5-7-11(10)13(15-2)12(9)14/h4-7,9H,3,8H2,1-2H3. The molecule has 1 aliphatic heterocycles. The number of anilines is 1. The molecule has 1 aliphatic rings. The Kier molecular flexibility index (Phi) is 2.73. The largest absolute Gasteiger partial charge is 0.272 e. The minimum Gasteiger partial charge on any atom is -0.272 e. The van der Waals surface area contributed by atoms with Crippen LogP contribution >= 0.6 is 0 Å². The summed E-state index contributed by atoms with van der Waals surface area (Å²) in [4.78, 5) is 17.1. The first-order chi connectivity index (χ1) is 7.27. The van der Waals surface area contributed by atoms with Crippen LogP contribution in [0, 0.1) is 5.92 Å². The van der Waals surface area contributed by atoms with E-state index in [9.17, 15) is 4.79 Å². The van der Waals surface area contributed by atoms with Crippen molar-refractivity contribution in [2.24, 2.45) is 5.92 Å². The molecule has 0 N–H and O–H groups in total. The molecule has 0 saturated carbocycles. The van der Waals surface area contributed by atoms with Crippen LogP contribution in [-0.4, -0.2) is 13.0 Å². The van der Waals surface area contributed by atoms with Crippen LogP contribution in [0.5, 0.6) is 0 Å². The quantitative estimate of drug-likeness (QED) is 0.740. The average molecular weight is 205 g/mol. The number of benzene rings is 1. The maximum absolute atomic E-state index is 12.0. The van der Waals surface area contributed by atoms with Crippen LogP contribution in [0.1, 0.15) is 18.9 Å². The van der Waals surface area contributed by atoms with Gasteiger partial charge in [-0.2, -0.15) is 5.06 Å². The summed E-state index contributed by atoms with van der Waals surface area (Å²) in [6, 6.07) is 7.89. The van der Waals surface area contributed by atoms with Crippen LogP contribution in [0.25, 0.3) is 0 Å². The maximum Gasteiger partial charge on any atom is 0.254 e. The minimum absolute atomic E-state index is 0.0554. The van der Waals surface area contributed by atoms with E-state index in [1.54, 1.807) is 0 Å². The monoisotopic (exact) mass is 205 g/mol. The van der Waals surface area contributed by atoms with E-state index >= 15 is 0 Å². The SMILES string of the molecule is CCC1Cc2ccccc2N(OC)C1=O. The molecule has 0 bridgehead atoms. The third-order valence-electron chi connectivity index (χ3n) is 2.90. The molecule has 3 heteroatoms. The normalized spacial score (nSPS) is 20.3. The summed E-state index contributed by atoms with van der Waals surface area (Å²) in [5, 5.41) is 1.41. The van der Waals surface area contributed by atoms with Crippen molar-refractivity contribution in [3.05, 3.63) is 29.8 Å². The highest BCUT2D eigenvalue weighted by Crippen LogP contribution is 2.31. The van der Waals surface area contributed by atoms with Gasteiger partial charge in [0.15, 0.2) is 0 Å². The van der Waals surface area contributed by atoms with Gasteiger partial charge in [-0.05, 0) is 24.5 Å². The Balaban J connectivity index is 2.43. The van der Waals surface area contributed by atoms with Gasteiger partial charge in [-0.3, -0.25) is 9.63 Å². The summed E-state index contributed by atoms with van der Waals surface area (Å²) < 4.78 is 0. The van der Waals surface area contributed by atoms with Gasteiger partial charge in [0, 0.05) is 5.92 Å². The summed E-state index contributed by atoms with van der Waals surface area (Å²) in [5.41, 5.74) is 2.07. The predicted octanol–water partition coefficient (Wildman–Crippen LogP) is 2.16.